The van der Waals surface area contributed by atoms with E-state index in [0.29, 0.717) is 23.6 Å². The molecule has 5 rings (SSSR count). The molecule has 200 valence electrons. The number of halogens is 1. The minimum absolute atomic E-state index is 0.241. The number of hydrogen-bond donors (Lipinski definition) is 1. The van der Waals surface area contributed by atoms with Crippen LogP contribution in [-0.2, 0) is 20.9 Å². The molecule has 2 fully saturated rings. The maximum atomic E-state index is 14.3. The lowest BCUT2D eigenvalue weighted by Crippen LogP contribution is -2.39. The zero-order valence-electron chi connectivity index (χ0n) is 22.4. The molecule has 3 atom stereocenters. The van der Waals surface area contributed by atoms with Gasteiger partial charge in [0.25, 0.3) is 0 Å². The summed E-state index contributed by atoms with van der Waals surface area (Å²) >= 11 is 0. The number of nitrogens with one attached hydrogen (secondary N) is 1. The molecule has 0 aliphatic carbocycles. The molecule has 0 radical (unpaired) electrons. The van der Waals surface area contributed by atoms with Crippen LogP contribution in [0.2, 0.25) is 0 Å². The standard InChI is InChI=1S/C29H39FN4O2S/c1-19(2)37(31,35)28-14-25(30)5-6-26(28)34-18-24(29-20(3)15-32-16-27(29)34)13-22-7-10-33(17-22)21(4)23-8-11-36-12-9-23/h5-6,14-16,18-19,21-23,31H,7-13,17H2,1-4H3/t21-,22+,37+/m1/s1. The van der Waals surface area contributed by atoms with Crippen molar-refractivity contribution in [2.45, 2.75) is 69.6 Å². The number of ether oxygens (including phenoxy) is 1. The second-order valence-corrected chi connectivity index (χ2v) is 13.8. The lowest BCUT2D eigenvalue weighted by atomic mass is 9.92. The fourth-order valence-electron chi connectivity index (χ4n) is 6.19. The van der Waals surface area contributed by atoms with Crippen molar-refractivity contribution in [3.05, 3.63) is 53.7 Å². The first kappa shape index (κ1) is 26.3. The van der Waals surface area contributed by atoms with Crippen LogP contribution in [0.15, 0.2) is 41.7 Å². The Morgan fingerprint density at radius 3 is 2.68 bits per heavy atom. The number of aryl methyl sites for hydroxylation is 1. The minimum atomic E-state index is -3.19. The lowest BCUT2D eigenvalue weighted by molar-refractivity contribution is 0.0348. The van der Waals surface area contributed by atoms with Crippen LogP contribution < -0.4 is 0 Å². The lowest BCUT2D eigenvalue weighted by Gasteiger charge is -2.34. The Labute approximate surface area is 220 Å². The van der Waals surface area contributed by atoms with Gasteiger partial charge in [0.05, 0.1) is 32.0 Å². The second kappa shape index (κ2) is 10.5. The van der Waals surface area contributed by atoms with E-state index < -0.39 is 20.8 Å². The predicted octanol–water partition coefficient (Wildman–Crippen LogP) is 5.97. The van der Waals surface area contributed by atoms with Gasteiger partial charge in [0, 0.05) is 48.8 Å². The number of pyridine rings is 1. The zero-order valence-corrected chi connectivity index (χ0v) is 23.2. The highest BCUT2D eigenvalue weighted by Crippen LogP contribution is 2.35. The van der Waals surface area contributed by atoms with E-state index in [1.807, 2.05) is 17.0 Å². The predicted molar refractivity (Wildman–Crippen MR) is 146 cm³/mol. The van der Waals surface area contributed by atoms with Crippen molar-refractivity contribution < 1.29 is 13.3 Å². The molecule has 0 unspecified atom stereocenters. The molecule has 4 heterocycles. The summed E-state index contributed by atoms with van der Waals surface area (Å²) in [6.45, 7) is 11.9. The van der Waals surface area contributed by atoms with Gasteiger partial charge in [-0.2, -0.15) is 0 Å². The average molecular weight is 527 g/mol. The fourth-order valence-corrected chi connectivity index (χ4v) is 7.46. The van der Waals surface area contributed by atoms with Crippen molar-refractivity contribution >= 4 is 20.6 Å². The molecule has 37 heavy (non-hydrogen) atoms. The molecule has 1 N–H and O–H groups in total. The molecular weight excluding hydrogens is 487 g/mol. The van der Waals surface area contributed by atoms with E-state index in [4.69, 9.17) is 9.52 Å². The smallest absolute Gasteiger partial charge is 0.124 e. The van der Waals surface area contributed by atoms with E-state index in [-0.39, 0.29) is 4.90 Å². The number of aromatic nitrogens is 2. The maximum Gasteiger partial charge on any atom is 0.124 e. The van der Waals surface area contributed by atoms with Gasteiger partial charge in [-0.1, -0.05) is 0 Å². The molecule has 0 amide bonds. The van der Waals surface area contributed by atoms with Crippen molar-refractivity contribution in [1.29, 1.82) is 4.78 Å². The number of nitrogens with zero attached hydrogens (tertiary/aromatic N) is 3. The first-order valence-electron chi connectivity index (χ1n) is 13.5. The van der Waals surface area contributed by atoms with E-state index in [0.717, 1.165) is 62.0 Å². The summed E-state index contributed by atoms with van der Waals surface area (Å²) in [5.41, 5.74) is 3.83. The van der Waals surface area contributed by atoms with Crippen LogP contribution in [0, 0.1) is 29.4 Å². The number of fused-ring (bicyclic) bond motifs is 1. The molecule has 0 bridgehead atoms. The third-order valence-electron chi connectivity index (χ3n) is 8.50. The summed E-state index contributed by atoms with van der Waals surface area (Å²) in [5, 5.41) is 0.721. The van der Waals surface area contributed by atoms with Crippen molar-refractivity contribution in [1.82, 2.24) is 14.5 Å². The van der Waals surface area contributed by atoms with E-state index >= 15 is 0 Å². The van der Waals surface area contributed by atoms with Gasteiger partial charge >= 0.3 is 0 Å². The van der Waals surface area contributed by atoms with Gasteiger partial charge in [-0.3, -0.25) is 4.98 Å². The van der Waals surface area contributed by atoms with Crippen molar-refractivity contribution in [2.24, 2.45) is 11.8 Å². The van der Waals surface area contributed by atoms with Crippen molar-refractivity contribution in [2.75, 3.05) is 26.3 Å². The summed E-state index contributed by atoms with van der Waals surface area (Å²) in [4.78, 5) is 7.34. The van der Waals surface area contributed by atoms with Gasteiger partial charge in [-0.05, 0) is 101 Å². The van der Waals surface area contributed by atoms with Crippen LogP contribution in [0.25, 0.3) is 16.6 Å². The monoisotopic (exact) mass is 526 g/mol. The number of hydrogen-bond acceptors (Lipinski definition) is 5. The van der Waals surface area contributed by atoms with Crippen LogP contribution >= 0.6 is 0 Å². The fraction of sp³-hybridized carbons (Fsp3) is 0.552. The molecular formula is C29H39FN4O2S. The Morgan fingerprint density at radius 2 is 1.95 bits per heavy atom. The van der Waals surface area contributed by atoms with Gasteiger partial charge in [-0.15, -0.1) is 0 Å². The molecule has 2 aliphatic heterocycles. The Bertz CT molecular complexity index is 1380. The Hall–Kier alpha value is -2.29. The zero-order chi connectivity index (χ0) is 26.3. The van der Waals surface area contributed by atoms with Crippen LogP contribution in [-0.4, -0.2) is 56.3 Å². The minimum Gasteiger partial charge on any atom is -0.381 e. The molecule has 0 saturated carbocycles. The molecule has 6 nitrogen and oxygen atoms in total. The van der Waals surface area contributed by atoms with Gasteiger partial charge in [-0.25, -0.2) is 13.4 Å². The summed E-state index contributed by atoms with van der Waals surface area (Å²) in [5.74, 6) is 0.785. The summed E-state index contributed by atoms with van der Waals surface area (Å²) < 4.78 is 43.9. The Balaban J connectivity index is 1.48. The molecule has 2 aromatic heterocycles. The second-order valence-electron chi connectivity index (χ2n) is 11.2. The Kier molecular flexibility index (Phi) is 7.44. The number of benzene rings is 1. The van der Waals surface area contributed by atoms with Crippen LogP contribution in [0.5, 0.6) is 0 Å². The summed E-state index contributed by atoms with van der Waals surface area (Å²) in [6.07, 6.45) is 10.2. The highest BCUT2D eigenvalue weighted by Gasteiger charge is 2.32. The third-order valence-corrected chi connectivity index (χ3v) is 10.8. The van der Waals surface area contributed by atoms with E-state index in [2.05, 4.69) is 29.9 Å². The van der Waals surface area contributed by atoms with E-state index in [1.54, 1.807) is 19.9 Å². The maximum absolute atomic E-state index is 14.3. The van der Waals surface area contributed by atoms with Gasteiger partial charge in [0.2, 0.25) is 0 Å². The van der Waals surface area contributed by atoms with Crippen LogP contribution in [0.1, 0.15) is 51.2 Å². The molecule has 8 heteroatoms. The first-order valence-corrected chi connectivity index (χ1v) is 15.1. The first-order chi connectivity index (χ1) is 17.7. The van der Waals surface area contributed by atoms with E-state index in [9.17, 15) is 8.60 Å². The van der Waals surface area contributed by atoms with E-state index in [1.165, 1.54) is 24.1 Å². The van der Waals surface area contributed by atoms with Gasteiger partial charge < -0.3 is 14.2 Å². The Morgan fingerprint density at radius 1 is 1.19 bits per heavy atom. The molecule has 2 saturated heterocycles. The normalized spacial score (nSPS) is 22.1. The largest absolute Gasteiger partial charge is 0.381 e. The molecule has 0 spiro atoms. The quantitative estimate of drug-likeness (QED) is 0.412. The summed E-state index contributed by atoms with van der Waals surface area (Å²) in [7, 11) is -3.19. The molecule has 2 aliphatic rings. The van der Waals surface area contributed by atoms with Gasteiger partial charge in [0.1, 0.15) is 5.82 Å². The summed E-state index contributed by atoms with van der Waals surface area (Å²) in [6, 6.07) is 4.88. The highest BCUT2D eigenvalue weighted by molar-refractivity contribution is 7.93. The third kappa shape index (κ3) is 5.08. The average Bonchev–Trinajstić information content (AvgIpc) is 3.50. The SMILES string of the molecule is Cc1cncc2c1c(C[C@@H]1CCN([C@H](C)C3CCOCC3)C1)cn2-c1ccc(F)cc1[S@@](=N)(=O)C(C)C. The van der Waals surface area contributed by atoms with Crippen LogP contribution in [0.3, 0.4) is 0 Å². The van der Waals surface area contributed by atoms with Gasteiger partial charge in [0.15, 0.2) is 0 Å². The topological polar surface area (TPSA) is 71.2 Å². The number of likely N-dealkylation sites (tertiary alicyclic amines) is 1. The van der Waals surface area contributed by atoms with Crippen molar-refractivity contribution in [3.63, 3.8) is 0 Å². The number of rotatable bonds is 7. The molecule has 1 aromatic carbocycles. The highest BCUT2D eigenvalue weighted by atomic mass is 32.2. The van der Waals surface area contributed by atoms with Crippen LogP contribution in [0.4, 0.5) is 4.39 Å². The van der Waals surface area contributed by atoms with Crippen molar-refractivity contribution in [3.8, 4) is 5.69 Å². The molecule has 3 aromatic rings.